The van der Waals surface area contributed by atoms with E-state index in [-0.39, 0.29) is 5.82 Å². The van der Waals surface area contributed by atoms with Crippen LogP contribution in [-0.4, -0.2) is 4.98 Å². The van der Waals surface area contributed by atoms with Gasteiger partial charge in [0.2, 0.25) is 0 Å². The van der Waals surface area contributed by atoms with Gasteiger partial charge in [0, 0.05) is 18.8 Å². The van der Waals surface area contributed by atoms with Crippen LogP contribution in [-0.2, 0) is 6.54 Å². The minimum absolute atomic E-state index is 0.271. The van der Waals surface area contributed by atoms with Crippen molar-refractivity contribution in [3.05, 3.63) is 53.6 Å². The molecule has 1 heterocycles. The summed E-state index contributed by atoms with van der Waals surface area (Å²) in [6.45, 7) is 2.16. The van der Waals surface area contributed by atoms with E-state index in [4.69, 9.17) is 10.5 Å². The van der Waals surface area contributed by atoms with Crippen LogP contribution in [0.1, 0.15) is 11.3 Å². The summed E-state index contributed by atoms with van der Waals surface area (Å²) < 4.78 is 18.6. The Kier molecular flexibility index (Phi) is 3.35. The minimum atomic E-state index is -0.271. The monoisotopic (exact) mass is 232 g/mol. The van der Waals surface area contributed by atoms with Gasteiger partial charge in [-0.3, -0.25) is 4.98 Å². The quantitative estimate of drug-likeness (QED) is 0.885. The first-order valence-corrected chi connectivity index (χ1v) is 5.28. The van der Waals surface area contributed by atoms with Gasteiger partial charge in [0.05, 0.1) is 5.69 Å². The van der Waals surface area contributed by atoms with Crippen LogP contribution in [0, 0.1) is 12.7 Å². The molecule has 1 aromatic heterocycles. The first kappa shape index (κ1) is 11.5. The number of ether oxygens (including phenoxy) is 1. The molecule has 0 amide bonds. The highest BCUT2D eigenvalue weighted by Gasteiger charge is 2.03. The third-order valence-electron chi connectivity index (χ3n) is 2.36. The second kappa shape index (κ2) is 4.93. The molecule has 3 nitrogen and oxygen atoms in total. The number of halogens is 1. The molecule has 0 saturated carbocycles. The Balaban J connectivity index is 2.25. The molecule has 0 aliphatic heterocycles. The average molecular weight is 232 g/mol. The van der Waals surface area contributed by atoms with Crippen molar-refractivity contribution in [3.8, 4) is 11.5 Å². The number of rotatable bonds is 3. The predicted molar refractivity (Wildman–Crippen MR) is 63.3 cm³/mol. The van der Waals surface area contributed by atoms with E-state index in [1.165, 1.54) is 12.1 Å². The van der Waals surface area contributed by atoms with E-state index in [1.54, 1.807) is 31.3 Å². The third kappa shape index (κ3) is 2.79. The molecule has 0 aliphatic rings. The van der Waals surface area contributed by atoms with Crippen molar-refractivity contribution >= 4 is 0 Å². The van der Waals surface area contributed by atoms with Gasteiger partial charge in [-0.1, -0.05) is 0 Å². The van der Waals surface area contributed by atoms with Crippen molar-refractivity contribution in [2.24, 2.45) is 5.73 Å². The SMILES string of the molecule is Cc1cc(F)ccc1Oc1ccnc(CN)c1. The molecule has 2 rings (SSSR count). The summed E-state index contributed by atoms with van der Waals surface area (Å²) in [5.41, 5.74) is 6.99. The number of aromatic nitrogens is 1. The van der Waals surface area contributed by atoms with Gasteiger partial charge in [-0.2, -0.15) is 0 Å². The van der Waals surface area contributed by atoms with Crippen molar-refractivity contribution in [1.29, 1.82) is 0 Å². The van der Waals surface area contributed by atoms with E-state index in [0.717, 1.165) is 11.3 Å². The molecule has 0 radical (unpaired) electrons. The van der Waals surface area contributed by atoms with Crippen LogP contribution in [0.25, 0.3) is 0 Å². The Morgan fingerprint density at radius 2 is 2.12 bits per heavy atom. The normalized spacial score (nSPS) is 10.3. The van der Waals surface area contributed by atoms with E-state index < -0.39 is 0 Å². The van der Waals surface area contributed by atoms with Crippen LogP contribution in [0.3, 0.4) is 0 Å². The van der Waals surface area contributed by atoms with E-state index in [9.17, 15) is 4.39 Å². The lowest BCUT2D eigenvalue weighted by molar-refractivity contribution is 0.475. The Hall–Kier alpha value is -1.94. The van der Waals surface area contributed by atoms with Crippen molar-refractivity contribution < 1.29 is 9.13 Å². The zero-order valence-corrected chi connectivity index (χ0v) is 9.48. The third-order valence-corrected chi connectivity index (χ3v) is 2.36. The second-order valence-electron chi connectivity index (χ2n) is 3.70. The molecule has 0 unspecified atom stereocenters. The van der Waals surface area contributed by atoms with Crippen molar-refractivity contribution in [3.63, 3.8) is 0 Å². The van der Waals surface area contributed by atoms with E-state index in [2.05, 4.69) is 4.98 Å². The first-order chi connectivity index (χ1) is 8.19. The fourth-order valence-corrected chi connectivity index (χ4v) is 1.49. The summed E-state index contributed by atoms with van der Waals surface area (Å²) in [5.74, 6) is 1.00. The van der Waals surface area contributed by atoms with Crippen LogP contribution in [0.15, 0.2) is 36.5 Å². The molecule has 1 aromatic carbocycles. The number of nitrogens with zero attached hydrogens (tertiary/aromatic N) is 1. The molecule has 0 atom stereocenters. The Morgan fingerprint density at radius 1 is 1.29 bits per heavy atom. The Bertz CT molecular complexity index is 529. The Labute approximate surface area is 99.1 Å². The molecule has 0 spiro atoms. The number of hydrogen-bond donors (Lipinski definition) is 1. The minimum Gasteiger partial charge on any atom is -0.457 e. The predicted octanol–water partition coefficient (Wildman–Crippen LogP) is 2.78. The maximum atomic E-state index is 12.9. The van der Waals surface area contributed by atoms with Crippen molar-refractivity contribution in [2.45, 2.75) is 13.5 Å². The smallest absolute Gasteiger partial charge is 0.130 e. The molecule has 0 fully saturated rings. The van der Waals surface area contributed by atoms with Crippen LogP contribution in [0.2, 0.25) is 0 Å². The lowest BCUT2D eigenvalue weighted by Crippen LogP contribution is -1.99. The standard InChI is InChI=1S/C13H13FN2O/c1-9-6-10(14)2-3-13(9)17-12-4-5-16-11(7-12)8-15/h2-7H,8,15H2,1H3. The topological polar surface area (TPSA) is 48.1 Å². The molecule has 0 aliphatic carbocycles. The van der Waals surface area contributed by atoms with Gasteiger partial charge in [-0.25, -0.2) is 4.39 Å². The number of pyridine rings is 1. The van der Waals surface area contributed by atoms with Gasteiger partial charge >= 0.3 is 0 Å². The van der Waals surface area contributed by atoms with Crippen molar-refractivity contribution in [2.75, 3.05) is 0 Å². The van der Waals surface area contributed by atoms with Crippen LogP contribution in [0.4, 0.5) is 4.39 Å². The van der Waals surface area contributed by atoms with Gasteiger partial charge in [-0.15, -0.1) is 0 Å². The maximum Gasteiger partial charge on any atom is 0.130 e. The molecule has 2 N–H and O–H groups in total. The summed E-state index contributed by atoms with van der Waals surface area (Å²) in [5, 5.41) is 0. The lowest BCUT2D eigenvalue weighted by atomic mass is 10.2. The molecule has 88 valence electrons. The van der Waals surface area contributed by atoms with E-state index >= 15 is 0 Å². The fraction of sp³-hybridized carbons (Fsp3) is 0.154. The molecule has 0 bridgehead atoms. The first-order valence-electron chi connectivity index (χ1n) is 5.28. The summed E-state index contributed by atoms with van der Waals surface area (Å²) in [6, 6.07) is 7.91. The van der Waals surface area contributed by atoms with E-state index in [0.29, 0.717) is 18.0 Å². The molecular formula is C13H13FN2O. The zero-order chi connectivity index (χ0) is 12.3. The van der Waals surface area contributed by atoms with Crippen LogP contribution < -0.4 is 10.5 Å². The highest BCUT2D eigenvalue weighted by molar-refractivity contribution is 5.37. The summed E-state index contributed by atoms with van der Waals surface area (Å²) in [6.07, 6.45) is 1.64. The molecule has 17 heavy (non-hydrogen) atoms. The summed E-state index contributed by atoms with van der Waals surface area (Å²) >= 11 is 0. The maximum absolute atomic E-state index is 12.9. The van der Waals surface area contributed by atoms with Crippen LogP contribution in [0.5, 0.6) is 11.5 Å². The number of nitrogens with two attached hydrogens (primary N) is 1. The van der Waals surface area contributed by atoms with Crippen molar-refractivity contribution in [1.82, 2.24) is 4.98 Å². The molecule has 0 saturated heterocycles. The average Bonchev–Trinajstić information content (AvgIpc) is 2.33. The number of aryl methyl sites for hydroxylation is 1. The van der Waals surface area contributed by atoms with Gasteiger partial charge in [0.15, 0.2) is 0 Å². The highest BCUT2D eigenvalue weighted by Crippen LogP contribution is 2.25. The highest BCUT2D eigenvalue weighted by atomic mass is 19.1. The van der Waals surface area contributed by atoms with Gasteiger partial charge in [-0.05, 0) is 36.8 Å². The molecular weight excluding hydrogens is 219 g/mol. The largest absolute Gasteiger partial charge is 0.457 e. The fourth-order valence-electron chi connectivity index (χ4n) is 1.49. The molecule has 2 aromatic rings. The van der Waals surface area contributed by atoms with Gasteiger partial charge in [0.1, 0.15) is 17.3 Å². The number of benzene rings is 1. The van der Waals surface area contributed by atoms with E-state index in [1.807, 2.05) is 0 Å². The Morgan fingerprint density at radius 3 is 2.82 bits per heavy atom. The summed E-state index contributed by atoms with van der Waals surface area (Å²) in [4.78, 5) is 4.07. The van der Waals surface area contributed by atoms with Crippen LogP contribution >= 0.6 is 0 Å². The number of hydrogen-bond acceptors (Lipinski definition) is 3. The zero-order valence-electron chi connectivity index (χ0n) is 9.48. The second-order valence-corrected chi connectivity index (χ2v) is 3.70. The summed E-state index contributed by atoms with van der Waals surface area (Å²) in [7, 11) is 0. The lowest BCUT2D eigenvalue weighted by Gasteiger charge is -2.09. The van der Waals surface area contributed by atoms with Gasteiger partial charge < -0.3 is 10.5 Å². The molecule has 4 heteroatoms. The van der Waals surface area contributed by atoms with Gasteiger partial charge in [0.25, 0.3) is 0 Å².